The minimum Gasteiger partial charge on any atom is -0.315 e. The molecule has 0 radical (unpaired) electrons. The molecule has 0 aliphatic carbocycles. The summed E-state index contributed by atoms with van der Waals surface area (Å²) >= 11 is 0. The third-order valence-electron chi connectivity index (χ3n) is 4.04. The molecular weight excluding hydrogens is 384 g/mol. The van der Waals surface area contributed by atoms with E-state index in [0.29, 0.717) is 6.54 Å². The molecule has 2 N–H and O–H groups in total. The molecule has 8 heteroatoms. The van der Waals surface area contributed by atoms with Crippen molar-refractivity contribution >= 4 is 33.2 Å². The van der Waals surface area contributed by atoms with Gasteiger partial charge in [-0.1, -0.05) is 12.1 Å². The van der Waals surface area contributed by atoms with E-state index < -0.39 is 10.0 Å². The van der Waals surface area contributed by atoms with Gasteiger partial charge in [0.25, 0.3) is 0 Å². The quantitative estimate of drug-likeness (QED) is 0.561. The van der Waals surface area contributed by atoms with Crippen LogP contribution in [0.15, 0.2) is 66.1 Å². The SMILES string of the molecule is CC(CNCCc1cccnc1)NS(=O)(=O)c1ccc2cnccc2c1.Cl. The lowest BCUT2D eigenvalue weighted by atomic mass is 10.2. The first-order chi connectivity index (χ1) is 12.5. The molecule has 0 fully saturated rings. The Morgan fingerprint density at radius 2 is 1.85 bits per heavy atom. The van der Waals surface area contributed by atoms with Crippen molar-refractivity contribution in [2.45, 2.75) is 24.3 Å². The summed E-state index contributed by atoms with van der Waals surface area (Å²) in [4.78, 5) is 8.38. The van der Waals surface area contributed by atoms with Crippen LogP contribution in [0.2, 0.25) is 0 Å². The minimum absolute atomic E-state index is 0. The summed E-state index contributed by atoms with van der Waals surface area (Å²) in [6.45, 7) is 3.16. The molecule has 27 heavy (non-hydrogen) atoms. The molecule has 0 aliphatic rings. The maximum absolute atomic E-state index is 12.6. The Hall–Kier alpha value is -2.06. The Kier molecular flexibility index (Phi) is 7.67. The zero-order valence-electron chi connectivity index (χ0n) is 15.0. The van der Waals surface area contributed by atoms with Crippen LogP contribution in [-0.4, -0.2) is 37.5 Å². The Morgan fingerprint density at radius 3 is 2.63 bits per heavy atom. The van der Waals surface area contributed by atoms with Gasteiger partial charge in [-0.3, -0.25) is 9.97 Å². The van der Waals surface area contributed by atoms with Crippen molar-refractivity contribution in [2.75, 3.05) is 13.1 Å². The first-order valence-electron chi connectivity index (χ1n) is 8.50. The Balaban J connectivity index is 0.00000261. The Morgan fingerprint density at radius 1 is 1.04 bits per heavy atom. The van der Waals surface area contributed by atoms with E-state index >= 15 is 0 Å². The molecule has 0 spiro atoms. The van der Waals surface area contributed by atoms with Gasteiger partial charge in [0.05, 0.1) is 4.90 Å². The summed E-state index contributed by atoms with van der Waals surface area (Å²) in [6, 6.07) is 10.6. The minimum atomic E-state index is -3.56. The molecular formula is C19H23ClN4O2S. The number of sulfonamides is 1. The van der Waals surface area contributed by atoms with E-state index in [-0.39, 0.29) is 23.3 Å². The lowest BCUT2D eigenvalue weighted by molar-refractivity contribution is 0.537. The van der Waals surface area contributed by atoms with Gasteiger partial charge < -0.3 is 5.32 Å². The molecule has 3 aromatic rings. The standard InChI is InChI=1S/C19H22N4O2S.ClH/c1-15(12-21-9-6-16-3-2-8-20-13-16)23-26(24,25)19-5-4-18-14-22-10-7-17(18)11-19;/h2-5,7-8,10-11,13-15,21,23H,6,9,12H2,1H3;1H. The predicted molar refractivity (Wildman–Crippen MR) is 110 cm³/mol. The summed E-state index contributed by atoms with van der Waals surface area (Å²) < 4.78 is 27.9. The maximum atomic E-state index is 12.6. The number of nitrogens with one attached hydrogen (secondary N) is 2. The van der Waals surface area contributed by atoms with E-state index in [9.17, 15) is 8.42 Å². The van der Waals surface area contributed by atoms with Crippen LogP contribution in [0.4, 0.5) is 0 Å². The lowest BCUT2D eigenvalue weighted by Crippen LogP contribution is -2.40. The van der Waals surface area contributed by atoms with Crippen molar-refractivity contribution in [2.24, 2.45) is 0 Å². The molecule has 2 heterocycles. The molecule has 0 amide bonds. The van der Waals surface area contributed by atoms with Crippen LogP contribution in [0.1, 0.15) is 12.5 Å². The second-order valence-corrected chi connectivity index (χ2v) is 7.94. The highest BCUT2D eigenvalue weighted by Gasteiger charge is 2.17. The van der Waals surface area contributed by atoms with E-state index in [1.807, 2.05) is 25.3 Å². The van der Waals surface area contributed by atoms with Crippen LogP contribution < -0.4 is 10.0 Å². The fourth-order valence-electron chi connectivity index (χ4n) is 2.70. The van der Waals surface area contributed by atoms with E-state index in [4.69, 9.17) is 0 Å². The highest BCUT2D eigenvalue weighted by atomic mass is 35.5. The topological polar surface area (TPSA) is 84.0 Å². The predicted octanol–water partition coefficient (Wildman–Crippen LogP) is 2.55. The van der Waals surface area contributed by atoms with Crippen molar-refractivity contribution in [1.29, 1.82) is 0 Å². The number of benzene rings is 1. The number of aromatic nitrogens is 2. The second-order valence-electron chi connectivity index (χ2n) is 6.22. The Labute approximate surface area is 165 Å². The molecule has 3 rings (SSSR count). The fraction of sp³-hybridized carbons (Fsp3) is 0.263. The van der Waals surface area contributed by atoms with E-state index in [2.05, 4.69) is 20.0 Å². The average Bonchev–Trinajstić information content (AvgIpc) is 2.65. The number of hydrogen-bond donors (Lipinski definition) is 2. The van der Waals surface area contributed by atoms with Gasteiger partial charge in [0.2, 0.25) is 10.0 Å². The monoisotopic (exact) mass is 406 g/mol. The van der Waals surface area contributed by atoms with Crippen LogP contribution in [-0.2, 0) is 16.4 Å². The third-order valence-corrected chi connectivity index (χ3v) is 5.63. The number of pyridine rings is 2. The molecule has 1 unspecified atom stereocenters. The summed E-state index contributed by atoms with van der Waals surface area (Å²) in [5.41, 5.74) is 1.15. The molecule has 2 aromatic heterocycles. The van der Waals surface area contributed by atoms with E-state index in [1.54, 1.807) is 42.9 Å². The van der Waals surface area contributed by atoms with Gasteiger partial charge in [-0.25, -0.2) is 13.1 Å². The first kappa shape index (κ1) is 21.2. The average molecular weight is 407 g/mol. The van der Waals surface area contributed by atoms with E-state index in [0.717, 1.165) is 29.3 Å². The zero-order valence-corrected chi connectivity index (χ0v) is 16.6. The highest BCUT2D eigenvalue weighted by Crippen LogP contribution is 2.18. The fourth-order valence-corrected chi connectivity index (χ4v) is 3.98. The highest BCUT2D eigenvalue weighted by molar-refractivity contribution is 7.89. The van der Waals surface area contributed by atoms with Gasteiger partial charge in [0.1, 0.15) is 0 Å². The van der Waals surface area contributed by atoms with Crippen molar-refractivity contribution in [3.05, 3.63) is 66.7 Å². The van der Waals surface area contributed by atoms with Crippen LogP contribution in [0.5, 0.6) is 0 Å². The summed E-state index contributed by atoms with van der Waals surface area (Å²) in [5, 5.41) is 5.04. The largest absolute Gasteiger partial charge is 0.315 e. The van der Waals surface area contributed by atoms with Gasteiger partial charge in [-0.2, -0.15) is 0 Å². The molecule has 0 saturated carbocycles. The van der Waals surface area contributed by atoms with Gasteiger partial charge in [0, 0.05) is 42.8 Å². The summed E-state index contributed by atoms with van der Waals surface area (Å²) in [5.74, 6) is 0. The van der Waals surface area contributed by atoms with Gasteiger partial charge >= 0.3 is 0 Å². The summed E-state index contributed by atoms with van der Waals surface area (Å²) in [7, 11) is -3.56. The van der Waals surface area contributed by atoms with Crippen molar-refractivity contribution < 1.29 is 8.42 Å². The van der Waals surface area contributed by atoms with Crippen molar-refractivity contribution in [1.82, 2.24) is 20.0 Å². The molecule has 6 nitrogen and oxygen atoms in total. The first-order valence-corrected chi connectivity index (χ1v) is 9.99. The Bertz CT molecular complexity index is 968. The summed E-state index contributed by atoms with van der Waals surface area (Å²) in [6.07, 6.45) is 7.81. The number of hydrogen-bond acceptors (Lipinski definition) is 5. The van der Waals surface area contributed by atoms with Crippen LogP contribution in [0, 0.1) is 0 Å². The zero-order chi connectivity index (χ0) is 18.4. The van der Waals surface area contributed by atoms with Crippen molar-refractivity contribution in [3.63, 3.8) is 0 Å². The second kappa shape index (κ2) is 9.75. The van der Waals surface area contributed by atoms with Gasteiger partial charge in [-0.15, -0.1) is 12.4 Å². The van der Waals surface area contributed by atoms with E-state index in [1.165, 1.54) is 0 Å². The smallest absolute Gasteiger partial charge is 0.240 e. The van der Waals surface area contributed by atoms with Crippen LogP contribution >= 0.6 is 12.4 Å². The van der Waals surface area contributed by atoms with Crippen LogP contribution in [0.25, 0.3) is 10.8 Å². The molecule has 0 bridgehead atoms. The van der Waals surface area contributed by atoms with Gasteiger partial charge in [0.15, 0.2) is 0 Å². The number of fused-ring (bicyclic) bond motifs is 1. The molecule has 1 aromatic carbocycles. The lowest BCUT2D eigenvalue weighted by Gasteiger charge is -2.15. The number of rotatable bonds is 8. The van der Waals surface area contributed by atoms with Crippen molar-refractivity contribution in [3.8, 4) is 0 Å². The van der Waals surface area contributed by atoms with Gasteiger partial charge in [-0.05, 0) is 55.1 Å². The van der Waals surface area contributed by atoms with Crippen LogP contribution in [0.3, 0.4) is 0 Å². The number of nitrogens with zero attached hydrogens (tertiary/aromatic N) is 2. The molecule has 144 valence electrons. The molecule has 0 saturated heterocycles. The molecule has 1 atom stereocenters. The molecule has 0 aliphatic heterocycles. The number of halogens is 1. The maximum Gasteiger partial charge on any atom is 0.240 e. The normalized spacial score (nSPS) is 12.5. The third kappa shape index (κ3) is 5.97.